The summed E-state index contributed by atoms with van der Waals surface area (Å²) in [5.74, 6) is -1.38. The predicted molar refractivity (Wildman–Crippen MR) is 76.7 cm³/mol. The highest BCUT2D eigenvalue weighted by molar-refractivity contribution is 6.31. The van der Waals surface area contributed by atoms with E-state index in [4.69, 9.17) is 16.3 Å². The van der Waals surface area contributed by atoms with Gasteiger partial charge in [0, 0.05) is 18.1 Å². The number of halogens is 2. The second kappa shape index (κ2) is 6.89. The molecule has 114 valence electrons. The van der Waals surface area contributed by atoms with Crippen LogP contribution in [0.15, 0.2) is 18.2 Å². The zero-order valence-corrected chi connectivity index (χ0v) is 12.5. The first-order chi connectivity index (χ1) is 10.0. The molecule has 0 unspecified atom stereocenters. The molecule has 0 N–H and O–H groups in total. The van der Waals surface area contributed by atoms with E-state index in [0.717, 1.165) is 0 Å². The smallest absolute Gasteiger partial charge is 0.309 e. The summed E-state index contributed by atoms with van der Waals surface area (Å²) < 4.78 is 18.7. The Labute approximate surface area is 127 Å². The molecule has 1 saturated heterocycles. The van der Waals surface area contributed by atoms with Crippen molar-refractivity contribution in [3.8, 4) is 0 Å². The predicted octanol–water partition coefficient (Wildman–Crippen LogP) is 2.89. The van der Waals surface area contributed by atoms with Gasteiger partial charge < -0.3 is 9.64 Å². The molecule has 0 saturated carbocycles. The zero-order valence-electron chi connectivity index (χ0n) is 11.8. The maximum absolute atomic E-state index is 13.7. The number of ether oxygens (including phenoxy) is 1. The molecule has 4 nitrogen and oxygen atoms in total. The van der Waals surface area contributed by atoms with Gasteiger partial charge in [-0.05, 0) is 38.0 Å². The van der Waals surface area contributed by atoms with Crippen LogP contribution in [0.4, 0.5) is 4.39 Å². The molecule has 1 aliphatic heterocycles. The fourth-order valence-electron chi connectivity index (χ4n) is 2.41. The van der Waals surface area contributed by atoms with Crippen LogP contribution in [0.1, 0.15) is 30.1 Å². The minimum Gasteiger partial charge on any atom is -0.466 e. The molecular formula is C15H17ClFNO3. The topological polar surface area (TPSA) is 46.6 Å². The van der Waals surface area contributed by atoms with Crippen molar-refractivity contribution in [2.75, 3.05) is 19.7 Å². The number of nitrogens with zero attached hydrogens (tertiary/aromatic N) is 1. The molecule has 1 aromatic rings. The number of esters is 1. The average molecular weight is 314 g/mol. The summed E-state index contributed by atoms with van der Waals surface area (Å²) in [6.45, 7) is 2.94. The van der Waals surface area contributed by atoms with Gasteiger partial charge in [-0.25, -0.2) is 4.39 Å². The van der Waals surface area contributed by atoms with Gasteiger partial charge in [-0.1, -0.05) is 11.6 Å². The fourth-order valence-corrected chi connectivity index (χ4v) is 2.58. The van der Waals surface area contributed by atoms with Gasteiger partial charge in [0.15, 0.2) is 0 Å². The molecule has 0 radical (unpaired) electrons. The maximum atomic E-state index is 13.7. The Balaban J connectivity index is 2.00. The van der Waals surface area contributed by atoms with Crippen LogP contribution >= 0.6 is 11.6 Å². The molecule has 21 heavy (non-hydrogen) atoms. The number of carbonyl (C=O) groups is 2. The van der Waals surface area contributed by atoms with E-state index in [1.165, 1.54) is 18.2 Å². The van der Waals surface area contributed by atoms with Gasteiger partial charge in [-0.15, -0.1) is 0 Å². The highest BCUT2D eigenvalue weighted by atomic mass is 35.5. The molecule has 0 bridgehead atoms. The van der Waals surface area contributed by atoms with Gasteiger partial charge in [0.05, 0.1) is 18.1 Å². The summed E-state index contributed by atoms with van der Waals surface area (Å²) in [7, 11) is 0. The summed E-state index contributed by atoms with van der Waals surface area (Å²) in [5, 5.41) is 0.321. The molecule has 0 aromatic heterocycles. The second-order valence-corrected chi connectivity index (χ2v) is 5.38. The molecule has 0 atom stereocenters. The summed E-state index contributed by atoms with van der Waals surface area (Å²) >= 11 is 5.80. The summed E-state index contributed by atoms with van der Waals surface area (Å²) in [6.07, 6.45) is 1.07. The minimum absolute atomic E-state index is 0.0305. The van der Waals surface area contributed by atoms with Crippen LogP contribution in [0.3, 0.4) is 0 Å². The maximum Gasteiger partial charge on any atom is 0.309 e. The average Bonchev–Trinajstić information content (AvgIpc) is 2.49. The van der Waals surface area contributed by atoms with Crippen LogP contribution in [0.5, 0.6) is 0 Å². The molecule has 0 aliphatic carbocycles. The lowest BCUT2D eigenvalue weighted by atomic mass is 9.96. The van der Waals surface area contributed by atoms with Crippen molar-refractivity contribution in [1.29, 1.82) is 0 Å². The molecule has 1 amide bonds. The normalized spacial score (nSPS) is 15.9. The van der Waals surface area contributed by atoms with Crippen molar-refractivity contribution in [1.82, 2.24) is 4.90 Å². The van der Waals surface area contributed by atoms with Crippen LogP contribution < -0.4 is 0 Å². The van der Waals surface area contributed by atoms with Crippen molar-refractivity contribution in [3.63, 3.8) is 0 Å². The number of benzene rings is 1. The van der Waals surface area contributed by atoms with Crippen molar-refractivity contribution in [2.24, 2.45) is 5.92 Å². The number of likely N-dealkylation sites (tertiary alicyclic amines) is 1. The molecule has 0 spiro atoms. The van der Waals surface area contributed by atoms with Crippen LogP contribution in [-0.4, -0.2) is 36.5 Å². The summed E-state index contributed by atoms with van der Waals surface area (Å²) in [4.78, 5) is 25.5. The highest BCUT2D eigenvalue weighted by Crippen LogP contribution is 2.22. The number of piperidine rings is 1. The van der Waals surface area contributed by atoms with Crippen molar-refractivity contribution >= 4 is 23.5 Å². The third-order valence-corrected chi connectivity index (χ3v) is 3.80. The lowest BCUT2D eigenvalue weighted by Gasteiger charge is -2.31. The number of hydrogen-bond donors (Lipinski definition) is 0. The molecule has 2 rings (SSSR count). The molecule has 1 heterocycles. The lowest BCUT2D eigenvalue weighted by molar-refractivity contribution is -0.149. The fraction of sp³-hybridized carbons (Fsp3) is 0.467. The summed E-state index contributed by atoms with van der Waals surface area (Å²) in [5.41, 5.74) is -0.0305. The number of rotatable bonds is 3. The van der Waals surface area contributed by atoms with Gasteiger partial charge in [0.1, 0.15) is 5.82 Å². The van der Waals surface area contributed by atoms with Crippen LogP contribution in [0, 0.1) is 11.7 Å². The Morgan fingerprint density at radius 2 is 2.05 bits per heavy atom. The molecule has 1 fully saturated rings. The van der Waals surface area contributed by atoms with Gasteiger partial charge in [-0.3, -0.25) is 9.59 Å². The van der Waals surface area contributed by atoms with Crippen molar-refractivity contribution < 1.29 is 18.7 Å². The standard InChI is InChI=1S/C15H17ClFNO3/c1-2-21-15(20)10-5-7-18(8-6-10)14(19)12-9-11(16)3-4-13(12)17/h3-4,9-10H,2,5-8H2,1H3. The molecule has 1 aromatic carbocycles. The number of hydrogen-bond acceptors (Lipinski definition) is 3. The first kappa shape index (κ1) is 15.8. The number of carbonyl (C=O) groups excluding carboxylic acids is 2. The van der Waals surface area contributed by atoms with E-state index >= 15 is 0 Å². The van der Waals surface area contributed by atoms with E-state index in [1.54, 1.807) is 11.8 Å². The third kappa shape index (κ3) is 3.73. The third-order valence-electron chi connectivity index (χ3n) is 3.56. The Morgan fingerprint density at radius 1 is 1.38 bits per heavy atom. The Hall–Kier alpha value is -1.62. The van der Waals surface area contributed by atoms with Crippen LogP contribution in [-0.2, 0) is 9.53 Å². The van der Waals surface area contributed by atoms with Crippen LogP contribution in [0.25, 0.3) is 0 Å². The monoisotopic (exact) mass is 313 g/mol. The Morgan fingerprint density at radius 3 is 2.67 bits per heavy atom. The Kier molecular flexibility index (Phi) is 5.17. The van der Waals surface area contributed by atoms with Gasteiger partial charge in [0.25, 0.3) is 5.91 Å². The van der Waals surface area contributed by atoms with E-state index in [1.807, 2.05) is 0 Å². The van der Waals surface area contributed by atoms with Crippen molar-refractivity contribution in [2.45, 2.75) is 19.8 Å². The molecular weight excluding hydrogens is 297 g/mol. The first-order valence-corrected chi connectivity index (χ1v) is 7.31. The van der Waals surface area contributed by atoms with E-state index in [-0.39, 0.29) is 17.5 Å². The highest BCUT2D eigenvalue weighted by Gasteiger charge is 2.29. The van der Waals surface area contributed by atoms with E-state index in [9.17, 15) is 14.0 Å². The van der Waals surface area contributed by atoms with E-state index in [2.05, 4.69) is 0 Å². The first-order valence-electron chi connectivity index (χ1n) is 6.94. The zero-order chi connectivity index (χ0) is 15.4. The van der Waals surface area contributed by atoms with Crippen LogP contribution in [0.2, 0.25) is 5.02 Å². The van der Waals surface area contributed by atoms with Crippen molar-refractivity contribution in [3.05, 3.63) is 34.6 Å². The van der Waals surface area contributed by atoms with E-state index < -0.39 is 11.7 Å². The summed E-state index contributed by atoms with van der Waals surface area (Å²) in [6, 6.07) is 3.91. The quantitative estimate of drug-likeness (QED) is 0.806. The second-order valence-electron chi connectivity index (χ2n) is 4.94. The largest absolute Gasteiger partial charge is 0.466 e. The van der Waals surface area contributed by atoms with Gasteiger partial charge in [0.2, 0.25) is 0 Å². The van der Waals surface area contributed by atoms with E-state index in [0.29, 0.717) is 37.6 Å². The molecule has 1 aliphatic rings. The molecule has 6 heteroatoms. The lowest BCUT2D eigenvalue weighted by Crippen LogP contribution is -2.41. The number of amides is 1. The SMILES string of the molecule is CCOC(=O)C1CCN(C(=O)c2cc(Cl)ccc2F)CC1. The minimum atomic E-state index is -0.586. The van der Waals surface area contributed by atoms with Gasteiger partial charge in [-0.2, -0.15) is 0 Å². The van der Waals surface area contributed by atoms with Gasteiger partial charge >= 0.3 is 5.97 Å². The Bertz CT molecular complexity index is 542.